The average molecular weight is 253 g/mol. The summed E-state index contributed by atoms with van der Waals surface area (Å²) in [5.41, 5.74) is 1.96. The van der Waals surface area contributed by atoms with Crippen LogP contribution in [0, 0.1) is 6.92 Å². The molecule has 4 heteroatoms. The lowest BCUT2D eigenvalue weighted by Crippen LogP contribution is -2.33. The maximum Gasteiger partial charge on any atom is 0.241 e. The molecule has 0 aliphatic carbocycles. The van der Waals surface area contributed by atoms with Gasteiger partial charge < -0.3 is 10.2 Å². The minimum atomic E-state index is 0.153. The Labute approximate surface area is 107 Å². The van der Waals surface area contributed by atoms with Gasteiger partial charge in [0.25, 0.3) is 0 Å². The van der Waals surface area contributed by atoms with E-state index in [1.54, 1.807) is 0 Å². The molecule has 1 heterocycles. The number of carbonyl (C=O) groups is 1. The van der Waals surface area contributed by atoms with Gasteiger partial charge in [-0.15, -0.1) is 0 Å². The highest BCUT2D eigenvalue weighted by Gasteiger charge is 2.17. The zero-order valence-corrected chi connectivity index (χ0v) is 10.8. The molecule has 1 aliphatic rings. The van der Waals surface area contributed by atoms with Crippen molar-refractivity contribution in [3.63, 3.8) is 0 Å². The van der Waals surface area contributed by atoms with E-state index in [1.807, 2.05) is 30.0 Å². The summed E-state index contributed by atoms with van der Waals surface area (Å²) in [5, 5.41) is 3.76. The van der Waals surface area contributed by atoms with Crippen LogP contribution in [0.1, 0.15) is 18.4 Å². The molecule has 1 amide bonds. The number of hydrogen-bond acceptors (Lipinski definition) is 2. The Morgan fingerprint density at radius 3 is 2.82 bits per heavy atom. The van der Waals surface area contributed by atoms with Gasteiger partial charge in [-0.3, -0.25) is 4.79 Å². The Kier molecular flexibility index (Phi) is 3.89. The molecule has 0 unspecified atom stereocenters. The van der Waals surface area contributed by atoms with E-state index in [-0.39, 0.29) is 5.91 Å². The molecular weight excluding hydrogens is 236 g/mol. The molecule has 0 radical (unpaired) electrons. The van der Waals surface area contributed by atoms with Crippen molar-refractivity contribution in [2.75, 3.05) is 25.0 Å². The first-order valence-corrected chi connectivity index (χ1v) is 6.32. The first kappa shape index (κ1) is 12.2. The lowest BCUT2D eigenvalue weighted by atomic mass is 10.2. The Morgan fingerprint density at radius 1 is 1.41 bits per heavy atom. The Bertz CT molecular complexity index is 414. The van der Waals surface area contributed by atoms with Gasteiger partial charge in [-0.1, -0.05) is 17.7 Å². The van der Waals surface area contributed by atoms with Gasteiger partial charge in [-0.05, 0) is 37.5 Å². The van der Waals surface area contributed by atoms with Gasteiger partial charge in [0.15, 0.2) is 0 Å². The van der Waals surface area contributed by atoms with E-state index >= 15 is 0 Å². The second-order valence-electron chi connectivity index (χ2n) is 4.42. The number of benzene rings is 1. The minimum absolute atomic E-state index is 0.153. The van der Waals surface area contributed by atoms with Gasteiger partial charge in [0.1, 0.15) is 0 Å². The van der Waals surface area contributed by atoms with Crippen molar-refractivity contribution in [3.8, 4) is 0 Å². The van der Waals surface area contributed by atoms with Crippen LogP contribution in [0.4, 0.5) is 5.69 Å². The molecule has 1 saturated heterocycles. The van der Waals surface area contributed by atoms with Gasteiger partial charge in [0, 0.05) is 13.1 Å². The number of nitrogens with zero attached hydrogens (tertiary/aromatic N) is 1. The molecule has 1 fully saturated rings. The standard InChI is InChI=1S/C13H17ClN2O/c1-10-4-5-11(14)12(8-10)15-9-13(17)16-6-2-3-7-16/h4-5,8,15H,2-3,6-7,9H2,1H3. The third kappa shape index (κ3) is 3.13. The maximum absolute atomic E-state index is 11.8. The van der Waals surface area contributed by atoms with E-state index < -0.39 is 0 Å². The molecule has 0 saturated carbocycles. The van der Waals surface area contributed by atoms with Crippen molar-refractivity contribution in [1.29, 1.82) is 0 Å². The van der Waals surface area contributed by atoms with Gasteiger partial charge in [-0.25, -0.2) is 0 Å². The largest absolute Gasteiger partial charge is 0.375 e. The predicted octanol–water partition coefficient (Wildman–Crippen LogP) is 2.68. The topological polar surface area (TPSA) is 32.3 Å². The lowest BCUT2D eigenvalue weighted by Gasteiger charge is -2.16. The first-order chi connectivity index (χ1) is 8.16. The van der Waals surface area contributed by atoms with E-state index in [0.717, 1.165) is 37.2 Å². The average Bonchev–Trinajstić information content (AvgIpc) is 2.83. The smallest absolute Gasteiger partial charge is 0.241 e. The van der Waals surface area contributed by atoms with Crippen molar-refractivity contribution in [2.24, 2.45) is 0 Å². The van der Waals surface area contributed by atoms with Crippen LogP contribution >= 0.6 is 11.6 Å². The quantitative estimate of drug-likeness (QED) is 0.897. The summed E-state index contributed by atoms with van der Waals surface area (Å²) in [4.78, 5) is 13.7. The highest BCUT2D eigenvalue weighted by molar-refractivity contribution is 6.33. The molecule has 1 N–H and O–H groups in total. The van der Waals surface area contributed by atoms with Crippen LogP contribution in [-0.2, 0) is 4.79 Å². The third-order valence-corrected chi connectivity index (χ3v) is 3.34. The van der Waals surface area contributed by atoms with Gasteiger partial charge in [0.05, 0.1) is 17.3 Å². The highest BCUT2D eigenvalue weighted by Crippen LogP contribution is 2.22. The second-order valence-corrected chi connectivity index (χ2v) is 4.83. The molecule has 0 spiro atoms. The molecule has 0 aromatic heterocycles. The SMILES string of the molecule is Cc1ccc(Cl)c(NCC(=O)N2CCCC2)c1. The highest BCUT2D eigenvalue weighted by atomic mass is 35.5. The molecular formula is C13H17ClN2O. The number of likely N-dealkylation sites (tertiary alicyclic amines) is 1. The molecule has 1 aromatic rings. The Hall–Kier alpha value is -1.22. The van der Waals surface area contributed by atoms with Crippen LogP contribution in [0.25, 0.3) is 0 Å². The first-order valence-electron chi connectivity index (χ1n) is 5.94. The molecule has 0 bridgehead atoms. The Morgan fingerprint density at radius 2 is 2.12 bits per heavy atom. The molecule has 0 atom stereocenters. The number of hydrogen-bond donors (Lipinski definition) is 1. The molecule has 2 rings (SSSR count). The number of halogens is 1. The fourth-order valence-electron chi connectivity index (χ4n) is 2.02. The zero-order valence-electron chi connectivity index (χ0n) is 10.0. The third-order valence-electron chi connectivity index (χ3n) is 3.01. The van der Waals surface area contributed by atoms with E-state index in [9.17, 15) is 4.79 Å². The van der Waals surface area contributed by atoms with E-state index in [1.165, 1.54) is 0 Å². The number of anilines is 1. The van der Waals surface area contributed by atoms with Gasteiger partial charge >= 0.3 is 0 Å². The summed E-state index contributed by atoms with van der Waals surface area (Å²) < 4.78 is 0. The summed E-state index contributed by atoms with van der Waals surface area (Å²) in [6.45, 7) is 4.11. The summed E-state index contributed by atoms with van der Waals surface area (Å²) in [7, 11) is 0. The van der Waals surface area contributed by atoms with Crippen LogP contribution < -0.4 is 5.32 Å². The number of aryl methyl sites for hydroxylation is 1. The normalized spacial score (nSPS) is 15.1. The van der Waals surface area contributed by atoms with E-state index in [4.69, 9.17) is 11.6 Å². The zero-order chi connectivity index (χ0) is 12.3. The second kappa shape index (κ2) is 5.41. The lowest BCUT2D eigenvalue weighted by molar-refractivity contribution is -0.128. The molecule has 1 aromatic carbocycles. The number of carbonyl (C=O) groups excluding carboxylic acids is 1. The number of nitrogens with one attached hydrogen (secondary N) is 1. The molecule has 17 heavy (non-hydrogen) atoms. The predicted molar refractivity (Wildman–Crippen MR) is 70.5 cm³/mol. The van der Waals surface area contributed by atoms with Crippen LogP contribution in [-0.4, -0.2) is 30.4 Å². The number of rotatable bonds is 3. The van der Waals surface area contributed by atoms with Crippen molar-refractivity contribution < 1.29 is 4.79 Å². The molecule has 92 valence electrons. The van der Waals surface area contributed by atoms with Gasteiger partial charge in [0.2, 0.25) is 5.91 Å². The van der Waals surface area contributed by atoms with Crippen LogP contribution in [0.5, 0.6) is 0 Å². The van der Waals surface area contributed by atoms with Crippen molar-refractivity contribution >= 4 is 23.2 Å². The van der Waals surface area contributed by atoms with Gasteiger partial charge in [-0.2, -0.15) is 0 Å². The molecule has 3 nitrogen and oxygen atoms in total. The fourth-order valence-corrected chi connectivity index (χ4v) is 2.21. The maximum atomic E-state index is 11.8. The van der Waals surface area contributed by atoms with Crippen molar-refractivity contribution in [2.45, 2.75) is 19.8 Å². The van der Waals surface area contributed by atoms with Crippen LogP contribution in [0.15, 0.2) is 18.2 Å². The summed E-state index contributed by atoms with van der Waals surface area (Å²) >= 11 is 6.05. The van der Waals surface area contributed by atoms with Crippen LogP contribution in [0.3, 0.4) is 0 Å². The van der Waals surface area contributed by atoms with E-state index in [0.29, 0.717) is 11.6 Å². The Balaban J connectivity index is 1.92. The minimum Gasteiger partial charge on any atom is -0.375 e. The fraction of sp³-hybridized carbons (Fsp3) is 0.462. The summed E-state index contributed by atoms with van der Waals surface area (Å²) in [6, 6.07) is 5.76. The monoisotopic (exact) mass is 252 g/mol. The number of amides is 1. The van der Waals surface area contributed by atoms with Crippen molar-refractivity contribution in [1.82, 2.24) is 4.90 Å². The summed E-state index contributed by atoms with van der Waals surface area (Å²) in [5.74, 6) is 0.153. The van der Waals surface area contributed by atoms with E-state index in [2.05, 4.69) is 5.32 Å². The summed E-state index contributed by atoms with van der Waals surface area (Å²) in [6.07, 6.45) is 2.24. The van der Waals surface area contributed by atoms with Crippen LogP contribution in [0.2, 0.25) is 5.02 Å². The van der Waals surface area contributed by atoms with Crippen molar-refractivity contribution in [3.05, 3.63) is 28.8 Å². The molecule has 1 aliphatic heterocycles.